The van der Waals surface area contributed by atoms with Crippen molar-refractivity contribution in [3.8, 4) is 0 Å². The monoisotopic (exact) mass is 242 g/mol. The predicted octanol–water partition coefficient (Wildman–Crippen LogP) is 4.08. The Kier molecular flexibility index (Phi) is 7.03. The summed E-state index contributed by atoms with van der Waals surface area (Å²) in [6.07, 6.45) is 4.48. The molecule has 102 valence electrons. The zero-order valence-electron chi connectivity index (χ0n) is 12.3. The van der Waals surface area contributed by atoms with Gasteiger partial charge in [-0.3, -0.25) is 0 Å². The van der Waals surface area contributed by atoms with E-state index in [1.54, 1.807) is 0 Å². The first kappa shape index (κ1) is 16.7. The Bertz CT molecular complexity index is 233. The molecule has 0 aromatic carbocycles. The van der Waals surface area contributed by atoms with Crippen molar-refractivity contribution in [2.75, 3.05) is 6.61 Å². The number of rotatable bonds is 9. The van der Waals surface area contributed by atoms with E-state index in [-0.39, 0.29) is 5.60 Å². The van der Waals surface area contributed by atoms with Crippen LogP contribution in [0.2, 0.25) is 0 Å². The maximum Gasteiger partial charge on any atom is 0.0655 e. The molecule has 0 heterocycles. The zero-order valence-corrected chi connectivity index (χ0v) is 12.3. The molecular weight excluding hydrogens is 212 g/mol. The van der Waals surface area contributed by atoms with Gasteiger partial charge in [0.25, 0.3) is 0 Å². The van der Waals surface area contributed by atoms with Gasteiger partial charge in [-0.25, -0.2) is 0 Å². The number of hydrogen-bond donors (Lipinski definition) is 1. The lowest BCUT2D eigenvalue weighted by atomic mass is 9.94. The molecule has 2 atom stereocenters. The van der Waals surface area contributed by atoms with E-state index >= 15 is 0 Å². The Hall–Kier alpha value is -0.340. The average molecular weight is 242 g/mol. The first-order chi connectivity index (χ1) is 7.74. The summed E-state index contributed by atoms with van der Waals surface area (Å²) in [5.74, 6) is 0. The third kappa shape index (κ3) is 7.56. The van der Waals surface area contributed by atoms with E-state index in [1.807, 2.05) is 13.8 Å². The van der Waals surface area contributed by atoms with Gasteiger partial charge in [0.05, 0.1) is 17.8 Å². The minimum atomic E-state index is -0.594. The zero-order chi connectivity index (χ0) is 13.5. The molecule has 0 radical (unpaired) electrons. The highest BCUT2D eigenvalue weighted by atomic mass is 16.5. The molecule has 0 aliphatic carbocycles. The molecule has 0 aliphatic rings. The van der Waals surface area contributed by atoms with Gasteiger partial charge in [-0.15, -0.1) is 6.58 Å². The fourth-order valence-corrected chi connectivity index (χ4v) is 1.52. The van der Waals surface area contributed by atoms with Crippen LogP contribution in [0.3, 0.4) is 0 Å². The summed E-state index contributed by atoms with van der Waals surface area (Å²) in [4.78, 5) is 0. The summed E-state index contributed by atoms with van der Waals surface area (Å²) in [5, 5.41) is 9.92. The van der Waals surface area contributed by atoms with Crippen LogP contribution in [0.5, 0.6) is 0 Å². The lowest BCUT2D eigenvalue weighted by Crippen LogP contribution is -2.32. The quantitative estimate of drug-likeness (QED) is 0.617. The predicted molar refractivity (Wildman–Crippen MR) is 74.2 cm³/mol. The summed E-state index contributed by atoms with van der Waals surface area (Å²) in [7, 11) is 0. The normalized spacial score (nSPS) is 18.5. The second-order valence-electron chi connectivity index (χ2n) is 5.71. The van der Waals surface area contributed by atoms with E-state index < -0.39 is 5.60 Å². The molecule has 0 aromatic heterocycles. The van der Waals surface area contributed by atoms with Crippen LogP contribution >= 0.6 is 0 Å². The van der Waals surface area contributed by atoms with E-state index in [2.05, 4.69) is 27.4 Å². The van der Waals surface area contributed by atoms with Crippen LogP contribution in [-0.2, 0) is 4.74 Å². The summed E-state index contributed by atoms with van der Waals surface area (Å²) < 4.78 is 5.97. The van der Waals surface area contributed by atoms with Crippen molar-refractivity contribution < 1.29 is 9.84 Å². The average Bonchev–Trinajstić information content (AvgIpc) is 2.26. The van der Waals surface area contributed by atoms with Crippen molar-refractivity contribution in [3.63, 3.8) is 0 Å². The smallest absolute Gasteiger partial charge is 0.0655 e. The van der Waals surface area contributed by atoms with E-state index in [0.29, 0.717) is 13.0 Å². The number of ether oxygens (including phenoxy) is 1. The topological polar surface area (TPSA) is 29.5 Å². The molecule has 17 heavy (non-hydrogen) atoms. The first-order valence-corrected chi connectivity index (χ1v) is 6.75. The molecule has 0 aliphatic heterocycles. The lowest BCUT2D eigenvalue weighted by Gasteiger charge is -2.31. The van der Waals surface area contributed by atoms with Gasteiger partial charge in [-0.2, -0.15) is 0 Å². The van der Waals surface area contributed by atoms with Crippen molar-refractivity contribution in [2.24, 2.45) is 0 Å². The molecule has 0 fully saturated rings. The fourth-order valence-electron chi connectivity index (χ4n) is 1.52. The molecule has 0 saturated carbocycles. The molecular formula is C15H30O2. The standard InChI is InChI=1S/C15H30O2/c1-7-14(5,16)11-12-17-15(6,8-2)10-9-13(3)4/h16H,3,7-12H2,1-2,4-6H3. The van der Waals surface area contributed by atoms with Crippen LogP contribution in [0.25, 0.3) is 0 Å². The molecule has 2 unspecified atom stereocenters. The highest BCUT2D eigenvalue weighted by Crippen LogP contribution is 2.25. The van der Waals surface area contributed by atoms with Crippen LogP contribution in [0.4, 0.5) is 0 Å². The number of aliphatic hydroxyl groups is 1. The highest BCUT2D eigenvalue weighted by molar-refractivity contribution is 4.91. The minimum absolute atomic E-state index is 0.0806. The maximum absolute atomic E-state index is 9.92. The Balaban J connectivity index is 4.07. The molecule has 0 amide bonds. The second-order valence-corrected chi connectivity index (χ2v) is 5.71. The lowest BCUT2D eigenvalue weighted by molar-refractivity contribution is -0.0668. The van der Waals surface area contributed by atoms with Gasteiger partial charge in [0, 0.05) is 0 Å². The van der Waals surface area contributed by atoms with Gasteiger partial charge in [-0.1, -0.05) is 19.4 Å². The van der Waals surface area contributed by atoms with Gasteiger partial charge in [0.1, 0.15) is 0 Å². The SMILES string of the molecule is C=C(C)CCC(C)(CC)OCCC(C)(O)CC. The van der Waals surface area contributed by atoms with Crippen molar-refractivity contribution >= 4 is 0 Å². The molecule has 1 N–H and O–H groups in total. The van der Waals surface area contributed by atoms with Crippen LogP contribution in [0.1, 0.15) is 66.7 Å². The fraction of sp³-hybridized carbons (Fsp3) is 0.867. The Morgan fingerprint density at radius 2 is 1.76 bits per heavy atom. The maximum atomic E-state index is 9.92. The first-order valence-electron chi connectivity index (χ1n) is 6.75. The third-order valence-corrected chi connectivity index (χ3v) is 3.68. The van der Waals surface area contributed by atoms with Crippen molar-refractivity contribution in [2.45, 2.75) is 77.9 Å². The Morgan fingerprint density at radius 3 is 2.18 bits per heavy atom. The molecule has 2 nitrogen and oxygen atoms in total. The molecule has 0 saturated heterocycles. The summed E-state index contributed by atoms with van der Waals surface area (Å²) in [5.41, 5.74) is 0.528. The summed E-state index contributed by atoms with van der Waals surface area (Å²) >= 11 is 0. The summed E-state index contributed by atoms with van der Waals surface area (Å²) in [6, 6.07) is 0. The summed E-state index contributed by atoms with van der Waals surface area (Å²) in [6.45, 7) is 14.8. The molecule has 0 aromatic rings. The van der Waals surface area contributed by atoms with Gasteiger partial charge < -0.3 is 9.84 Å². The molecule has 0 bridgehead atoms. The van der Waals surface area contributed by atoms with E-state index in [4.69, 9.17) is 4.74 Å². The van der Waals surface area contributed by atoms with E-state index in [1.165, 1.54) is 5.57 Å². The molecule has 2 heteroatoms. The van der Waals surface area contributed by atoms with Crippen LogP contribution in [0.15, 0.2) is 12.2 Å². The number of allylic oxidation sites excluding steroid dienone is 1. The Labute approximate surface area is 107 Å². The van der Waals surface area contributed by atoms with E-state index in [9.17, 15) is 5.11 Å². The van der Waals surface area contributed by atoms with Gasteiger partial charge in [-0.05, 0) is 52.9 Å². The van der Waals surface area contributed by atoms with Crippen LogP contribution < -0.4 is 0 Å². The van der Waals surface area contributed by atoms with Gasteiger partial charge in [0.15, 0.2) is 0 Å². The third-order valence-electron chi connectivity index (χ3n) is 3.68. The van der Waals surface area contributed by atoms with Gasteiger partial charge in [0.2, 0.25) is 0 Å². The molecule has 0 rings (SSSR count). The number of hydrogen-bond acceptors (Lipinski definition) is 2. The van der Waals surface area contributed by atoms with Crippen molar-refractivity contribution in [1.82, 2.24) is 0 Å². The largest absolute Gasteiger partial charge is 0.390 e. The molecule has 0 spiro atoms. The second kappa shape index (κ2) is 7.17. The minimum Gasteiger partial charge on any atom is -0.390 e. The Morgan fingerprint density at radius 1 is 1.18 bits per heavy atom. The van der Waals surface area contributed by atoms with Crippen LogP contribution in [-0.4, -0.2) is 22.9 Å². The van der Waals surface area contributed by atoms with Crippen LogP contribution in [0, 0.1) is 0 Å². The van der Waals surface area contributed by atoms with Crippen molar-refractivity contribution in [3.05, 3.63) is 12.2 Å². The van der Waals surface area contributed by atoms with Crippen molar-refractivity contribution in [1.29, 1.82) is 0 Å². The van der Waals surface area contributed by atoms with Gasteiger partial charge >= 0.3 is 0 Å². The van der Waals surface area contributed by atoms with E-state index in [0.717, 1.165) is 25.7 Å². The highest BCUT2D eigenvalue weighted by Gasteiger charge is 2.24.